The van der Waals surface area contributed by atoms with E-state index in [2.05, 4.69) is 13.5 Å². The lowest BCUT2D eigenvalue weighted by Gasteiger charge is -2.32. The predicted octanol–water partition coefficient (Wildman–Crippen LogP) is 2.28. The minimum absolute atomic E-state index is 0.0128. The summed E-state index contributed by atoms with van der Waals surface area (Å²) in [7, 11) is 0. The van der Waals surface area contributed by atoms with Gasteiger partial charge in [-0.1, -0.05) is 26.5 Å². The number of fused-ring (bicyclic) bond motifs is 2. The van der Waals surface area contributed by atoms with E-state index in [4.69, 9.17) is 4.74 Å². The quantitative estimate of drug-likeness (QED) is 0.486. The molecule has 5 atom stereocenters. The van der Waals surface area contributed by atoms with Gasteiger partial charge in [-0.2, -0.15) is 0 Å². The largest absolute Gasteiger partial charge is 0.458 e. The molecule has 0 aromatic rings. The molecule has 1 heterocycles. The zero-order chi connectivity index (χ0) is 13.1. The Morgan fingerprint density at radius 2 is 2.17 bits per heavy atom. The smallest absolute Gasteiger partial charge is 0.334 e. The zero-order valence-corrected chi connectivity index (χ0v) is 10.8. The highest BCUT2D eigenvalue weighted by Gasteiger charge is 2.53. The van der Waals surface area contributed by atoms with E-state index in [1.54, 1.807) is 6.08 Å². The van der Waals surface area contributed by atoms with E-state index in [0.717, 1.165) is 6.42 Å². The van der Waals surface area contributed by atoms with Gasteiger partial charge in [-0.25, -0.2) is 4.79 Å². The maximum Gasteiger partial charge on any atom is 0.334 e. The number of allylic oxidation sites excluding steroid dienone is 2. The second kappa shape index (κ2) is 3.56. The van der Waals surface area contributed by atoms with Crippen molar-refractivity contribution in [2.24, 2.45) is 23.2 Å². The molecule has 0 aromatic carbocycles. The van der Waals surface area contributed by atoms with E-state index >= 15 is 0 Å². The Hall–Kier alpha value is -1.38. The van der Waals surface area contributed by atoms with E-state index in [0.29, 0.717) is 17.9 Å². The van der Waals surface area contributed by atoms with Crippen LogP contribution in [-0.4, -0.2) is 17.9 Å². The number of ether oxygens (including phenoxy) is 1. The summed E-state index contributed by atoms with van der Waals surface area (Å²) in [4.78, 5) is 23.8. The van der Waals surface area contributed by atoms with Crippen molar-refractivity contribution >= 4 is 11.8 Å². The average Bonchev–Trinajstić information content (AvgIpc) is 2.69. The SMILES string of the molecule is C=C1C(=O)O[C@H]2C[C@H](C)[C@H]3C=CC(=O)[C@@]3(C)C[C@@H]12. The molecule has 2 fully saturated rings. The fourth-order valence-corrected chi connectivity index (χ4v) is 3.92. The molecule has 1 aliphatic heterocycles. The first-order valence-corrected chi connectivity index (χ1v) is 6.56. The molecular weight excluding hydrogens is 228 g/mol. The Morgan fingerprint density at radius 1 is 1.44 bits per heavy atom. The van der Waals surface area contributed by atoms with Crippen molar-refractivity contribution in [2.45, 2.75) is 32.8 Å². The molecule has 0 N–H and O–H groups in total. The van der Waals surface area contributed by atoms with Crippen LogP contribution in [0.2, 0.25) is 0 Å². The van der Waals surface area contributed by atoms with Crippen LogP contribution in [0.15, 0.2) is 24.3 Å². The fraction of sp³-hybridized carbons (Fsp3) is 0.600. The van der Waals surface area contributed by atoms with Crippen molar-refractivity contribution in [3.8, 4) is 0 Å². The van der Waals surface area contributed by atoms with Crippen molar-refractivity contribution in [1.82, 2.24) is 0 Å². The van der Waals surface area contributed by atoms with Gasteiger partial charge >= 0.3 is 5.97 Å². The van der Waals surface area contributed by atoms with Gasteiger partial charge in [-0.15, -0.1) is 0 Å². The average molecular weight is 246 g/mol. The minimum Gasteiger partial charge on any atom is -0.458 e. The standard InChI is InChI=1S/C15H18O3/c1-8-6-12-10(9(2)14(17)18-12)7-15(3)11(8)4-5-13(15)16/h4-5,8,10-12H,2,6-7H2,1,3H3/t8-,10-,11+,12-,15-/m0/s1. The maximum atomic E-state index is 12.2. The lowest BCUT2D eigenvalue weighted by atomic mass is 9.69. The number of carbonyl (C=O) groups is 2. The van der Waals surface area contributed by atoms with Crippen molar-refractivity contribution < 1.29 is 14.3 Å². The molecule has 3 heteroatoms. The molecule has 3 rings (SSSR count). The van der Waals surface area contributed by atoms with Crippen molar-refractivity contribution in [3.05, 3.63) is 24.3 Å². The van der Waals surface area contributed by atoms with E-state index in [1.165, 1.54) is 0 Å². The third-order valence-electron chi connectivity index (χ3n) is 5.03. The summed E-state index contributed by atoms with van der Waals surface area (Å²) in [5.41, 5.74) is 0.171. The Labute approximate surface area is 107 Å². The number of esters is 1. The third kappa shape index (κ3) is 1.36. The number of hydrogen-bond acceptors (Lipinski definition) is 3. The van der Waals surface area contributed by atoms with Crippen LogP contribution >= 0.6 is 0 Å². The minimum atomic E-state index is -0.379. The summed E-state index contributed by atoms with van der Waals surface area (Å²) in [6.45, 7) is 8.02. The molecule has 3 aliphatic rings. The van der Waals surface area contributed by atoms with Gasteiger partial charge in [0.05, 0.1) is 0 Å². The van der Waals surface area contributed by atoms with Crippen molar-refractivity contribution in [1.29, 1.82) is 0 Å². The van der Waals surface area contributed by atoms with Gasteiger partial charge in [0.1, 0.15) is 6.10 Å². The summed E-state index contributed by atoms with van der Waals surface area (Å²) in [5, 5.41) is 0. The Kier molecular flexibility index (Phi) is 2.31. The van der Waals surface area contributed by atoms with Gasteiger partial charge < -0.3 is 4.74 Å². The lowest BCUT2D eigenvalue weighted by Crippen LogP contribution is -2.33. The van der Waals surface area contributed by atoms with Crippen LogP contribution in [0, 0.1) is 23.2 Å². The topological polar surface area (TPSA) is 43.4 Å². The van der Waals surface area contributed by atoms with Gasteiger partial charge in [0, 0.05) is 16.9 Å². The highest BCUT2D eigenvalue weighted by Crippen LogP contribution is 2.52. The van der Waals surface area contributed by atoms with E-state index < -0.39 is 0 Å². The van der Waals surface area contributed by atoms with E-state index in [9.17, 15) is 9.59 Å². The molecule has 2 aliphatic carbocycles. The van der Waals surface area contributed by atoms with E-state index in [1.807, 2.05) is 13.0 Å². The molecule has 1 saturated carbocycles. The van der Waals surface area contributed by atoms with Gasteiger partial charge in [0.25, 0.3) is 0 Å². The summed E-state index contributed by atoms with van der Waals surface area (Å²) < 4.78 is 5.40. The first kappa shape index (κ1) is 11.7. The number of ketones is 1. The highest BCUT2D eigenvalue weighted by molar-refractivity contribution is 5.98. The molecule has 0 amide bonds. The van der Waals surface area contributed by atoms with E-state index in [-0.39, 0.29) is 35.1 Å². The Balaban J connectivity index is 2.00. The summed E-state index contributed by atoms with van der Waals surface area (Å²) in [6.07, 6.45) is 5.18. The molecule has 0 aromatic heterocycles. The zero-order valence-electron chi connectivity index (χ0n) is 10.8. The number of hydrogen-bond donors (Lipinski definition) is 0. The highest BCUT2D eigenvalue weighted by atomic mass is 16.6. The molecule has 0 bridgehead atoms. The molecule has 96 valence electrons. The van der Waals surface area contributed by atoms with Crippen LogP contribution in [0.25, 0.3) is 0 Å². The van der Waals surface area contributed by atoms with Crippen molar-refractivity contribution in [2.75, 3.05) is 0 Å². The first-order chi connectivity index (χ1) is 8.43. The number of carbonyl (C=O) groups excluding carboxylic acids is 2. The normalized spacial score (nSPS) is 46.7. The summed E-state index contributed by atoms with van der Waals surface area (Å²) >= 11 is 0. The predicted molar refractivity (Wildman–Crippen MR) is 66.7 cm³/mol. The fourth-order valence-electron chi connectivity index (χ4n) is 3.92. The molecule has 0 unspecified atom stereocenters. The molecule has 0 radical (unpaired) electrons. The van der Waals surface area contributed by atoms with Gasteiger partial charge in [-0.05, 0) is 30.8 Å². The third-order valence-corrected chi connectivity index (χ3v) is 5.03. The van der Waals surface area contributed by atoms with Crippen LogP contribution in [0.5, 0.6) is 0 Å². The summed E-state index contributed by atoms with van der Waals surface area (Å²) in [6, 6.07) is 0. The van der Waals surface area contributed by atoms with Gasteiger partial charge in [-0.3, -0.25) is 4.79 Å². The monoisotopic (exact) mass is 246 g/mol. The summed E-state index contributed by atoms with van der Waals surface area (Å²) in [5.74, 6) is 0.539. The molecular formula is C15H18O3. The van der Waals surface area contributed by atoms with Crippen molar-refractivity contribution in [3.63, 3.8) is 0 Å². The van der Waals surface area contributed by atoms with Crippen LogP contribution in [-0.2, 0) is 14.3 Å². The van der Waals surface area contributed by atoms with Crippen LogP contribution in [0.3, 0.4) is 0 Å². The molecule has 0 spiro atoms. The molecule has 3 nitrogen and oxygen atoms in total. The Morgan fingerprint density at radius 3 is 2.89 bits per heavy atom. The van der Waals surface area contributed by atoms with Gasteiger partial charge in [0.2, 0.25) is 0 Å². The maximum absolute atomic E-state index is 12.2. The van der Waals surface area contributed by atoms with Crippen LogP contribution in [0.1, 0.15) is 26.7 Å². The van der Waals surface area contributed by atoms with Gasteiger partial charge in [0.15, 0.2) is 5.78 Å². The van der Waals surface area contributed by atoms with Crippen LogP contribution in [0.4, 0.5) is 0 Å². The first-order valence-electron chi connectivity index (χ1n) is 6.56. The molecule has 1 saturated heterocycles. The second-order valence-corrected chi connectivity index (χ2v) is 6.16. The lowest BCUT2D eigenvalue weighted by molar-refractivity contribution is -0.139. The Bertz CT molecular complexity index is 476. The molecule has 18 heavy (non-hydrogen) atoms. The second-order valence-electron chi connectivity index (χ2n) is 6.16. The number of rotatable bonds is 0. The van der Waals surface area contributed by atoms with Crippen LogP contribution < -0.4 is 0 Å².